The molecule has 0 aromatic rings. The molecule has 0 bridgehead atoms. The van der Waals surface area contributed by atoms with Gasteiger partial charge in [-0.25, -0.2) is 0 Å². The average Bonchev–Trinajstić information content (AvgIpc) is 2.39. The van der Waals surface area contributed by atoms with Crippen LogP contribution in [0, 0.1) is 11.8 Å². The van der Waals surface area contributed by atoms with Crippen molar-refractivity contribution in [3.8, 4) is 0 Å². The quantitative estimate of drug-likeness (QED) is 0.767. The number of likely N-dealkylation sites (tertiary alicyclic amines) is 2. The Morgan fingerprint density at radius 2 is 1.63 bits per heavy atom. The maximum absolute atomic E-state index is 2.75. The number of nitrogens with zero attached hydrogens (tertiary/aromatic N) is 2. The summed E-state index contributed by atoms with van der Waals surface area (Å²) >= 11 is 0. The molecule has 19 heavy (non-hydrogen) atoms. The molecule has 0 aliphatic carbocycles. The van der Waals surface area contributed by atoms with Gasteiger partial charge in [-0.05, 0) is 77.8 Å². The van der Waals surface area contributed by atoms with Crippen molar-refractivity contribution in [2.24, 2.45) is 11.8 Å². The Morgan fingerprint density at radius 1 is 0.947 bits per heavy atom. The number of piperidine rings is 2. The SMILES string of the molecule is CC1CCCN(C(C)CC2CCCN(C(C)C)C2)C1. The first-order valence-electron chi connectivity index (χ1n) is 8.54. The van der Waals surface area contributed by atoms with Crippen LogP contribution in [0.25, 0.3) is 0 Å². The molecule has 0 aromatic carbocycles. The first-order chi connectivity index (χ1) is 9.06. The molecular formula is C17H34N2. The maximum Gasteiger partial charge on any atom is 0.00701 e. The monoisotopic (exact) mass is 266 g/mol. The standard InChI is InChI=1S/C17H34N2/c1-14(2)18-9-6-8-17(13-18)11-16(4)19-10-5-7-15(3)12-19/h14-17H,5-13H2,1-4H3. The summed E-state index contributed by atoms with van der Waals surface area (Å²) in [5, 5.41) is 0. The molecule has 3 atom stereocenters. The van der Waals surface area contributed by atoms with Gasteiger partial charge in [0.25, 0.3) is 0 Å². The van der Waals surface area contributed by atoms with Crippen molar-refractivity contribution in [1.82, 2.24) is 9.80 Å². The van der Waals surface area contributed by atoms with E-state index in [9.17, 15) is 0 Å². The third-order valence-corrected chi connectivity index (χ3v) is 5.27. The Balaban J connectivity index is 1.79. The van der Waals surface area contributed by atoms with E-state index in [4.69, 9.17) is 0 Å². The highest BCUT2D eigenvalue weighted by Gasteiger charge is 2.26. The lowest BCUT2D eigenvalue weighted by Crippen LogP contribution is -2.45. The van der Waals surface area contributed by atoms with Crippen LogP contribution in [0.15, 0.2) is 0 Å². The summed E-state index contributed by atoms with van der Waals surface area (Å²) < 4.78 is 0. The molecule has 2 heterocycles. The van der Waals surface area contributed by atoms with E-state index in [0.717, 1.165) is 23.9 Å². The summed E-state index contributed by atoms with van der Waals surface area (Å²) in [4.78, 5) is 5.43. The highest BCUT2D eigenvalue weighted by Crippen LogP contribution is 2.26. The largest absolute Gasteiger partial charge is 0.301 e. The lowest BCUT2D eigenvalue weighted by molar-refractivity contribution is 0.0877. The van der Waals surface area contributed by atoms with Gasteiger partial charge in [0.1, 0.15) is 0 Å². The van der Waals surface area contributed by atoms with Crippen LogP contribution in [0.2, 0.25) is 0 Å². The van der Waals surface area contributed by atoms with Crippen molar-refractivity contribution in [2.75, 3.05) is 26.2 Å². The molecule has 0 amide bonds. The second-order valence-corrected chi connectivity index (χ2v) is 7.42. The minimum absolute atomic E-state index is 0.730. The van der Waals surface area contributed by atoms with Gasteiger partial charge in [-0.2, -0.15) is 0 Å². The molecule has 0 aromatic heterocycles. The molecule has 2 fully saturated rings. The lowest BCUT2D eigenvalue weighted by atomic mass is 9.89. The lowest BCUT2D eigenvalue weighted by Gasteiger charge is -2.40. The van der Waals surface area contributed by atoms with E-state index in [1.54, 1.807) is 0 Å². The van der Waals surface area contributed by atoms with Gasteiger partial charge in [0.2, 0.25) is 0 Å². The van der Waals surface area contributed by atoms with Crippen molar-refractivity contribution >= 4 is 0 Å². The Hall–Kier alpha value is -0.0800. The predicted molar refractivity (Wildman–Crippen MR) is 83.5 cm³/mol. The summed E-state index contributed by atoms with van der Waals surface area (Å²) in [6.45, 7) is 14.9. The molecule has 2 heteroatoms. The van der Waals surface area contributed by atoms with Crippen LogP contribution >= 0.6 is 0 Å². The molecular weight excluding hydrogens is 232 g/mol. The summed E-state index contributed by atoms with van der Waals surface area (Å²) in [5.41, 5.74) is 0. The molecule has 2 rings (SSSR count). The van der Waals surface area contributed by atoms with Gasteiger partial charge in [-0.15, -0.1) is 0 Å². The van der Waals surface area contributed by atoms with Gasteiger partial charge in [0, 0.05) is 25.2 Å². The maximum atomic E-state index is 2.75. The molecule has 2 nitrogen and oxygen atoms in total. The van der Waals surface area contributed by atoms with E-state index < -0.39 is 0 Å². The fourth-order valence-electron chi connectivity index (χ4n) is 4.02. The van der Waals surface area contributed by atoms with Gasteiger partial charge in [-0.3, -0.25) is 0 Å². The van der Waals surface area contributed by atoms with Crippen molar-refractivity contribution in [3.05, 3.63) is 0 Å². The smallest absolute Gasteiger partial charge is 0.00701 e. The van der Waals surface area contributed by atoms with E-state index in [1.807, 2.05) is 0 Å². The van der Waals surface area contributed by atoms with Gasteiger partial charge in [0.05, 0.1) is 0 Å². The molecule has 3 unspecified atom stereocenters. The topological polar surface area (TPSA) is 6.48 Å². The third-order valence-electron chi connectivity index (χ3n) is 5.27. The second-order valence-electron chi connectivity index (χ2n) is 7.42. The van der Waals surface area contributed by atoms with Gasteiger partial charge in [0.15, 0.2) is 0 Å². The van der Waals surface area contributed by atoms with Crippen LogP contribution in [0.1, 0.15) is 59.8 Å². The average molecular weight is 266 g/mol. The van der Waals surface area contributed by atoms with Gasteiger partial charge in [-0.1, -0.05) is 6.92 Å². The van der Waals surface area contributed by atoms with Crippen LogP contribution in [-0.4, -0.2) is 48.1 Å². The minimum atomic E-state index is 0.730. The molecule has 2 saturated heterocycles. The van der Waals surface area contributed by atoms with Crippen molar-refractivity contribution < 1.29 is 0 Å². The number of hydrogen-bond acceptors (Lipinski definition) is 2. The van der Waals surface area contributed by atoms with Crippen LogP contribution in [-0.2, 0) is 0 Å². The first-order valence-corrected chi connectivity index (χ1v) is 8.54. The molecule has 0 saturated carbocycles. The van der Waals surface area contributed by atoms with E-state index in [0.29, 0.717) is 0 Å². The summed E-state index contributed by atoms with van der Waals surface area (Å²) in [5.74, 6) is 1.85. The molecule has 2 aliphatic heterocycles. The van der Waals surface area contributed by atoms with E-state index in [2.05, 4.69) is 37.5 Å². The van der Waals surface area contributed by atoms with Crippen LogP contribution < -0.4 is 0 Å². The minimum Gasteiger partial charge on any atom is -0.301 e. The Morgan fingerprint density at radius 3 is 2.32 bits per heavy atom. The highest BCUT2D eigenvalue weighted by atomic mass is 15.2. The highest BCUT2D eigenvalue weighted by molar-refractivity contribution is 4.81. The summed E-state index contributed by atoms with van der Waals surface area (Å²) in [6, 6.07) is 1.52. The van der Waals surface area contributed by atoms with Crippen molar-refractivity contribution in [1.29, 1.82) is 0 Å². The summed E-state index contributed by atoms with van der Waals surface area (Å²) in [6.07, 6.45) is 7.13. The number of rotatable bonds is 4. The fourth-order valence-corrected chi connectivity index (χ4v) is 4.02. The van der Waals surface area contributed by atoms with Crippen molar-refractivity contribution in [2.45, 2.75) is 71.9 Å². The van der Waals surface area contributed by atoms with Gasteiger partial charge >= 0.3 is 0 Å². The second kappa shape index (κ2) is 7.08. The van der Waals surface area contributed by atoms with E-state index >= 15 is 0 Å². The zero-order chi connectivity index (χ0) is 13.8. The molecule has 0 radical (unpaired) electrons. The van der Waals surface area contributed by atoms with E-state index in [1.165, 1.54) is 58.3 Å². The predicted octanol–water partition coefficient (Wildman–Crippen LogP) is 3.62. The molecule has 112 valence electrons. The molecule has 0 spiro atoms. The summed E-state index contributed by atoms with van der Waals surface area (Å²) in [7, 11) is 0. The Kier molecular flexibility index (Phi) is 5.70. The molecule has 2 aliphatic rings. The Bertz CT molecular complexity index is 264. The van der Waals surface area contributed by atoms with Crippen LogP contribution in [0.3, 0.4) is 0 Å². The van der Waals surface area contributed by atoms with Crippen molar-refractivity contribution in [3.63, 3.8) is 0 Å². The fraction of sp³-hybridized carbons (Fsp3) is 1.00. The zero-order valence-corrected chi connectivity index (χ0v) is 13.6. The zero-order valence-electron chi connectivity index (χ0n) is 13.6. The van der Waals surface area contributed by atoms with Crippen LogP contribution in [0.4, 0.5) is 0 Å². The third kappa shape index (κ3) is 4.46. The van der Waals surface area contributed by atoms with E-state index in [-0.39, 0.29) is 0 Å². The molecule has 0 N–H and O–H groups in total. The van der Waals surface area contributed by atoms with Crippen LogP contribution in [0.5, 0.6) is 0 Å². The first kappa shape index (κ1) is 15.3. The number of hydrogen-bond donors (Lipinski definition) is 0. The van der Waals surface area contributed by atoms with Gasteiger partial charge < -0.3 is 9.80 Å². The normalized spacial score (nSPS) is 32.7. The Labute approximate surface area is 120 Å².